The Bertz CT molecular complexity index is 830. The lowest BCUT2D eigenvalue weighted by atomic mass is 9.77. The lowest BCUT2D eigenvalue weighted by Gasteiger charge is -2.32. The molecule has 28 heavy (non-hydrogen) atoms. The van der Waals surface area contributed by atoms with Crippen molar-refractivity contribution in [3.63, 3.8) is 0 Å². The minimum Gasteiger partial charge on any atom is -0.458 e. The smallest absolute Gasteiger partial charge is 0.458 e. The second-order valence-electron chi connectivity index (χ2n) is 8.02. The average molecular weight is 403 g/mol. The molecule has 0 bridgehead atoms. The summed E-state index contributed by atoms with van der Waals surface area (Å²) in [6, 6.07) is 13.1. The van der Waals surface area contributed by atoms with Crippen molar-refractivity contribution in [1.29, 1.82) is 0 Å². The van der Waals surface area contributed by atoms with Crippen LogP contribution in [0.2, 0.25) is 5.02 Å². The number of rotatable bonds is 4. The quantitative estimate of drug-likeness (QED) is 0.706. The lowest BCUT2D eigenvalue weighted by molar-refractivity contribution is -0.0440. The summed E-state index contributed by atoms with van der Waals surface area (Å²) in [5.41, 5.74) is 0.799. The van der Waals surface area contributed by atoms with Crippen LogP contribution in [0, 0.1) is 0 Å². The van der Waals surface area contributed by atoms with Gasteiger partial charge in [-0.3, -0.25) is 0 Å². The standard InChI is InChI=1S/C21H24BClO5/c1-20(2)21(3,4)28-22(27-20)17-13-14(19-24-11-12-25-19)5-10-18(17)26-16-8-6-15(23)7-9-16/h5-10,13,19H,11-12H2,1-4H3. The molecule has 2 fully saturated rings. The van der Waals surface area contributed by atoms with Gasteiger partial charge in [-0.15, -0.1) is 0 Å². The highest BCUT2D eigenvalue weighted by molar-refractivity contribution is 6.63. The van der Waals surface area contributed by atoms with Gasteiger partial charge in [0.1, 0.15) is 11.5 Å². The number of hydrogen-bond acceptors (Lipinski definition) is 5. The zero-order valence-corrected chi connectivity index (χ0v) is 17.3. The molecule has 0 saturated carbocycles. The summed E-state index contributed by atoms with van der Waals surface area (Å²) in [5, 5.41) is 0.657. The zero-order valence-electron chi connectivity index (χ0n) is 16.5. The number of halogens is 1. The number of benzene rings is 2. The summed E-state index contributed by atoms with van der Waals surface area (Å²) in [5.74, 6) is 1.34. The SMILES string of the molecule is CC1(C)OB(c2cc(C3OCCO3)ccc2Oc2ccc(Cl)cc2)OC1(C)C. The van der Waals surface area contributed by atoms with Crippen LogP contribution in [-0.4, -0.2) is 31.5 Å². The van der Waals surface area contributed by atoms with Crippen molar-refractivity contribution < 1.29 is 23.5 Å². The Morgan fingerprint density at radius 2 is 1.54 bits per heavy atom. The summed E-state index contributed by atoms with van der Waals surface area (Å²) < 4.78 is 30.0. The summed E-state index contributed by atoms with van der Waals surface area (Å²) in [6.45, 7) is 9.28. The summed E-state index contributed by atoms with van der Waals surface area (Å²) in [6.07, 6.45) is -0.384. The maximum Gasteiger partial charge on any atom is 0.498 e. The zero-order chi connectivity index (χ0) is 19.9. The van der Waals surface area contributed by atoms with Crippen molar-refractivity contribution in [2.24, 2.45) is 0 Å². The molecule has 5 nitrogen and oxygen atoms in total. The Labute approximate surface area is 171 Å². The minimum atomic E-state index is -0.561. The highest BCUT2D eigenvalue weighted by Crippen LogP contribution is 2.38. The van der Waals surface area contributed by atoms with Crippen molar-refractivity contribution in [1.82, 2.24) is 0 Å². The molecule has 0 radical (unpaired) electrons. The van der Waals surface area contributed by atoms with Gasteiger partial charge >= 0.3 is 7.12 Å². The van der Waals surface area contributed by atoms with Gasteiger partial charge in [0.15, 0.2) is 6.29 Å². The Kier molecular flexibility index (Phi) is 5.19. The molecule has 2 heterocycles. The third-order valence-corrected chi connectivity index (χ3v) is 5.73. The molecule has 148 valence electrons. The van der Waals surface area contributed by atoms with Gasteiger partial charge in [-0.2, -0.15) is 0 Å². The van der Waals surface area contributed by atoms with Crippen molar-refractivity contribution in [2.75, 3.05) is 13.2 Å². The van der Waals surface area contributed by atoms with Gasteiger partial charge in [0.2, 0.25) is 0 Å². The predicted octanol–water partition coefficient (Wildman–Crippen LogP) is 4.48. The van der Waals surface area contributed by atoms with Crippen LogP contribution >= 0.6 is 11.6 Å². The molecule has 0 N–H and O–H groups in total. The van der Waals surface area contributed by atoms with Crippen LogP contribution in [0.5, 0.6) is 11.5 Å². The van der Waals surface area contributed by atoms with Crippen LogP contribution in [0.25, 0.3) is 0 Å². The van der Waals surface area contributed by atoms with E-state index in [2.05, 4.69) is 0 Å². The highest BCUT2D eigenvalue weighted by Gasteiger charge is 2.52. The van der Waals surface area contributed by atoms with E-state index in [4.69, 9.17) is 35.1 Å². The number of hydrogen-bond donors (Lipinski definition) is 0. The molecule has 2 aliphatic rings. The number of ether oxygens (including phenoxy) is 3. The maximum atomic E-state index is 6.26. The topological polar surface area (TPSA) is 46.2 Å². The largest absolute Gasteiger partial charge is 0.498 e. The summed E-state index contributed by atoms with van der Waals surface area (Å²) >= 11 is 5.98. The van der Waals surface area contributed by atoms with E-state index in [1.807, 2.05) is 58.0 Å². The van der Waals surface area contributed by atoms with Gasteiger partial charge in [-0.1, -0.05) is 23.7 Å². The lowest BCUT2D eigenvalue weighted by Crippen LogP contribution is -2.41. The van der Waals surface area contributed by atoms with Crippen LogP contribution in [0.1, 0.15) is 39.5 Å². The Balaban J connectivity index is 1.70. The molecule has 0 aromatic heterocycles. The minimum absolute atomic E-state index is 0.384. The van der Waals surface area contributed by atoms with Crippen LogP contribution in [0.4, 0.5) is 0 Å². The second-order valence-corrected chi connectivity index (χ2v) is 8.45. The molecule has 2 aromatic carbocycles. The first-order chi connectivity index (χ1) is 13.2. The molecule has 0 atom stereocenters. The molecule has 0 spiro atoms. The Morgan fingerprint density at radius 1 is 0.929 bits per heavy atom. The van der Waals surface area contributed by atoms with Gasteiger partial charge in [-0.25, -0.2) is 0 Å². The molecular weight excluding hydrogens is 378 g/mol. The van der Waals surface area contributed by atoms with Crippen LogP contribution in [0.3, 0.4) is 0 Å². The monoisotopic (exact) mass is 402 g/mol. The molecule has 2 saturated heterocycles. The van der Waals surface area contributed by atoms with Gasteiger partial charge in [0, 0.05) is 16.0 Å². The Hall–Kier alpha value is -1.57. The van der Waals surface area contributed by atoms with E-state index in [9.17, 15) is 0 Å². The summed E-state index contributed by atoms with van der Waals surface area (Å²) in [4.78, 5) is 0. The van der Waals surface area contributed by atoms with E-state index < -0.39 is 18.3 Å². The maximum absolute atomic E-state index is 6.26. The van der Waals surface area contributed by atoms with Crippen LogP contribution in [-0.2, 0) is 18.8 Å². The first kappa shape index (κ1) is 19.7. The van der Waals surface area contributed by atoms with Crippen molar-refractivity contribution >= 4 is 24.2 Å². The van der Waals surface area contributed by atoms with E-state index in [-0.39, 0.29) is 6.29 Å². The van der Waals surface area contributed by atoms with Gasteiger partial charge in [0.25, 0.3) is 0 Å². The van der Waals surface area contributed by atoms with Crippen LogP contribution < -0.4 is 10.2 Å². The van der Waals surface area contributed by atoms with Gasteiger partial charge < -0.3 is 23.5 Å². The molecule has 2 aliphatic heterocycles. The fourth-order valence-electron chi connectivity index (χ4n) is 3.14. The van der Waals surface area contributed by atoms with Crippen molar-refractivity contribution in [2.45, 2.75) is 45.2 Å². The molecule has 4 rings (SSSR count). The fourth-order valence-corrected chi connectivity index (χ4v) is 3.27. The molecule has 0 unspecified atom stereocenters. The van der Waals surface area contributed by atoms with Gasteiger partial charge in [0.05, 0.1) is 24.4 Å². The van der Waals surface area contributed by atoms with Crippen LogP contribution in [0.15, 0.2) is 42.5 Å². The normalized spacial score (nSPS) is 21.2. The van der Waals surface area contributed by atoms with E-state index in [0.717, 1.165) is 11.0 Å². The molecule has 0 amide bonds. The summed E-state index contributed by atoms with van der Waals surface area (Å²) in [7, 11) is -0.561. The third kappa shape index (κ3) is 3.80. The molecule has 7 heteroatoms. The molecule has 0 aliphatic carbocycles. The second kappa shape index (κ2) is 7.36. The third-order valence-electron chi connectivity index (χ3n) is 5.48. The molecular formula is C21H24BClO5. The van der Waals surface area contributed by atoms with E-state index in [0.29, 0.717) is 29.7 Å². The van der Waals surface area contributed by atoms with E-state index in [1.165, 1.54) is 0 Å². The highest BCUT2D eigenvalue weighted by atomic mass is 35.5. The van der Waals surface area contributed by atoms with Gasteiger partial charge in [-0.05, 0) is 58.0 Å². The first-order valence-electron chi connectivity index (χ1n) is 9.41. The fraction of sp³-hybridized carbons (Fsp3) is 0.429. The average Bonchev–Trinajstić information content (AvgIpc) is 3.24. The van der Waals surface area contributed by atoms with Crippen molar-refractivity contribution in [3.8, 4) is 11.5 Å². The Morgan fingerprint density at radius 3 is 2.14 bits per heavy atom. The van der Waals surface area contributed by atoms with E-state index >= 15 is 0 Å². The predicted molar refractivity (Wildman–Crippen MR) is 108 cm³/mol. The first-order valence-corrected chi connectivity index (χ1v) is 9.79. The molecule has 2 aromatic rings. The van der Waals surface area contributed by atoms with Crippen molar-refractivity contribution in [3.05, 3.63) is 53.1 Å². The van der Waals surface area contributed by atoms with E-state index in [1.54, 1.807) is 12.1 Å².